The first kappa shape index (κ1) is 21.8. The monoisotopic (exact) mass is 458 g/mol. The van der Waals surface area contributed by atoms with Gasteiger partial charge < -0.3 is 9.84 Å². The van der Waals surface area contributed by atoms with Crippen molar-refractivity contribution >= 4 is 11.3 Å². The summed E-state index contributed by atoms with van der Waals surface area (Å²) >= 11 is 1.26. The van der Waals surface area contributed by atoms with Crippen molar-refractivity contribution in [2.24, 2.45) is 0 Å². The maximum atomic E-state index is 13.9. The molecule has 2 heterocycles. The fourth-order valence-corrected chi connectivity index (χ4v) is 3.91. The minimum atomic E-state index is -1.06. The first-order chi connectivity index (χ1) is 15.1. The van der Waals surface area contributed by atoms with Crippen molar-refractivity contribution in [2.45, 2.75) is 32.9 Å². The van der Waals surface area contributed by atoms with Crippen LogP contribution in [0.5, 0.6) is 10.8 Å². The highest BCUT2D eigenvalue weighted by atomic mass is 32.1. The number of thiazole rings is 1. The number of nitrogens with zero attached hydrogens (tertiary/aromatic N) is 4. The van der Waals surface area contributed by atoms with Crippen LogP contribution in [0.25, 0.3) is 5.69 Å². The number of aliphatic hydroxyl groups is 1. The molecule has 4 rings (SSSR count). The minimum absolute atomic E-state index is 0.205. The number of hydrogen-bond acceptors (Lipinski definition) is 6. The number of rotatable bonds is 6. The summed E-state index contributed by atoms with van der Waals surface area (Å²) in [6.45, 7) is 4.83. The van der Waals surface area contributed by atoms with E-state index in [2.05, 4.69) is 10.1 Å². The smallest absolute Gasteiger partial charge is 0.350 e. The quantitative estimate of drug-likeness (QED) is 0.470. The summed E-state index contributed by atoms with van der Waals surface area (Å²) in [5.41, 5.74) is -0.676. The number of benzene rings is 2. The summed E-state index contributed by atoms with van der Waals surface area (Å²) in [6, 6.07) is 10.2. The minimum Gasteiger partial charge on any atom is -0.445 e. The first-order valence-corrected chi connectivity index (χ1v) is 10.5. The van der Waals surface area contributed by atoms with Gasteiger partial charge in [-0.3, -0.25) is 4.57 Å². The normalized spacial score (nSPS) is 11.7. The van der Waals surface area contributed by atoms with Gasteiger partial charge in [-0.15, -0.1) is 0 Å². The summed E-state index contributed by atoms with van der Waals surface area (Å²) in [7, 11) is 0. The molecule has 2 aromatic carbocycles. The lowest BCUT2D eigenvalue weighted by molar-refractivity contribution is 0.0781. The van der Waals surface area contributed by atoms with Crippen molar-refractivity contribution in [1.82, 2.24) is 19.3 Å². The highest BCUT2D eigenvalue weighted by Crippen LogP contribution is 2.36. The van der Waals surface area contributed by atoms with Crippen molar-refractivity contribution in [1.29, 1.82) is 0 Å². The van der Waals surface area contributed by atoms with E-state index in [4.69, 9.17) is 4.74 Å². The Morgan fingerprint density at radius 2 is 1.78 bits per heavy atom. The molecule has 1 N–H and O–H groups in total. The Labute approximate surface area is 186 Å². The topological polar surface area (TPSA) is 82.2 Å². The molecule has 0 unspecified atom stereocenters. The SMILES string of the molecule is Cc1nc(C(C)(C)O)sc1Oc1ccc(-n2ncn(Cc3c(F)cccc3F)c2=O)cc1. The number of aromatic nitrogens is 4. The van der Waals surface area contributed by atoms with Gasteiger partial charge in [0.05, 0.1) is 17.9 Å². The molecule has 0 atom stereocenters. The van der Waals surface area contributed by atoms with Gasteiger partial charge in [0, 0.05) is 5.56 Å². The van der Waals surface area contributed by atoms with Crippen LogP contribution in [0.15, 0.2) is 53.6 Å². The predicted octanol–water partition coefficient (Wildman–Crippen LogP) is 4.15. The van der Waals surface area contributed by atoms with Crippen LogP contribution in [0.4, 0.5) is 8.78 Å². The summed E-state index contributed by atoms with van der Waals surface area (Å²) in [5.74, 6) is -0.932. The third-order valence-electron chi connectivity index (χ3n) is 4.69. The molecule has 0 bridgehead atoms. The summed E-state index contributed by atoms with van der Waals surface area (Å²) < 4.78 is 35.9. The van der Waals surface area contributed by atoms with Gasteiger partial charge in [-0.25, -0.2) is 18.6 Å². The molecule has 2 aromatic heterocycles. The Kier molecular flexibility index (Phi) is 5.66. The van der Waals surface area contributed by atoms with E-state index in [1.807, 2.05) is 0 Å². The lowest BCUT2D eigenvalue weighted by Crippen LogP contribution is -2.24. The number of hydrogen-bond donors (Lipinski definition) is 1. The van der Waals surface area contributed by atoms with E-state index in [0.717, 1.165) is 21.4 Å². The molecule has 0 saturated carbocycles. The first-order valence-electron chi connectivity index (χ1n) is 9.69. The van der Waals surface area contributed by atoms with Gasteiger partial charge in [0.2, 0.25) is 5.06 Å². The zero-order chi connectivity index (χ0) is 23.0. The van der Waals surface area contributed by atoms with Gasteiger partial charge >= 0.3 is 5.69 Å². The van der Waals surface area contributed by atoms with Crippen molar-refractivity contribution < 1.29 is 18.6 Å². The second-order valence-corrected chi connectivity index (χ2v) is 8.66. The van der Waals surface area contributed by atoms with E-state index in [9.17, 15) is 18.7 Å². The zero-order valence-corrected chi connectivity index (χ0v) is 18.4. The molecule has 0 radical (unpaired) electrons. The van der Waals surface area contributed by atoms with Crippen LogP contribution in [0.2, 0.25) is 0 Å². The van der Waals surface area contributed by atoms with Gasteiger partial charge in [0.25, 0.3) is 0 Å². The van der Waals surface area contributed by atoms with Crippen LogP contribution in [0.3, 0.4) is 0 Å². The molecule has 10 heteroatoms. The van der Waals surface area contributed by atoms with E-state index in [-0.39, 0.29) is 12.1 Å². The average Bonchev–Trinajstić information content (AvgIpc) is 3.28. The highest BCUT2D eigenvalue weighted by Gasteiger charge is 2.23. The molecule has 0 aliphatic rings. The van der Waals surface area contributed by atoms with E-state index < -0.39 is 22.9 Å². The Morgan fingerprint density at radius 1 is 1.12 bits per heavy atom. The fraction of sp³-hybridized carbons (Fsp3) is 0.227. The Hall–Kier alpha value is -3.37. The standard InChI is InChI=1S/C22H20F2N4O3S/c1-13-19(32-20(26-13)22(2,3)30)31-15-9-7-14(8-10-15)28-21(29)27(12-25-28)11-16-17(23)5-4-6-18(16)24/h4-10,12,30H,11H2,1-3H3. The van der Waals surface area contributed by atoms with E-state index in [1.165, 1.54) is 23.7 Å². The van der Waals surface area contributed by atoms with Gasteiger partial charge in [-0.2, -0.15) is 9.78 Å². The Bertz CT molecular complexity index is 1300. The molecule has 166 valence electrons. The molecule has 4 aromatic rings. The molecular weight excluding hydrogens is 438 g/mol. The lowest BCUT2D eigenvalue weighted by Gasteiger charge is -2.12. The second kappa shape index (κ2) is 8.29. The summed E-state index contributed by atoms with van der Waals surface area (Å²) in [6.07, 6.45) is 1.23. The maximum Gasteiger partial charge on any atom is 0.350 e. The van der Waals surface area contributed by atoms with Gasteiger partial charge in [-0.1, -0.05) is 17.4 Å². The highest BCUT2D eigenvalue weighted by molar-refractivity contribution is 7.13. The predicted molar refractivity (Wildman–Crippen MR) is 115 cm³/mol. The average molecular weight is 458 g/mol. The fourth-order valence-electron chi connectivity index (χ4n) is 2.97. The third kappa shape index (κ3) is 4.32. The maximum absolute atomic E-state index is 13.9. The number of aryl methyl sites for hydroxylation is 1. The molecule has 32 heavy (non-hydrogen) atoms. The lowest BCUT2D eigenvalue weighted by atomic mass is 10.2. The number of halogens is 2. The largest absolute Gasteiger partial charge is 0.445 e. The Balaban J connectivity index is 1.54. The zero-order valence-electron chi connectivity index (χ0n) is 17.5. The van der Waals surface area contributed by atoms with Crippen LogP contribution >= 0.6 is 11.3 Å². The molecule has 0 aliphatic carbocycles. The van der Waals surface area contributed by atoms with Crippen LogP contribution in [0, 0.1) is 18.6 Å². The van der Waals surface area contributed by atoms with Gasteiger partial charge in [0.15, 0.2) is 0 Å². The summed E-state index contributed by atoms with van der Waals surface area (Å²) in [5, 5.41) is 15.3. The van der Waals surface area contributed by atoms with Crippen molar-refractivity contribution in [3.8, 4) is 16.5 Å². The van der Waals surface area contributed by atoms with Crippen LogP contribution < -0.4 is 10.4 Å². The van der Waals surface area contributed by atoms with E-state index in [0.29, 0.717) is 27.2 Å². The van der Waals surface area contributed by atoms with Crippen LogP contribution in [0.1, 0.15) is 30.1 Å². The van der Waals surface area contributed by atoms with E-state index >= 15 is 0 Å². The molecule has 0 saturated heterocycles. The van der Waals surface area contributed by atoms with Gasteiger partial charge in [0.1, 0.15) is 34.3 Å². The molecule has 7 nitrogen and oxygen atoms in total. The molecular formula is C22H20F2N4O3S. The second-order valence-electron chi connectivity index (χ2n) is 7.70. The Morgan fingerprint density at radius 3 is 2.38 bits per heavy atom. The molecule has 0 amide bonds. The number of ether oxygens (including phenoxy) is 1. The van der Waals surface area contributed by atoms with Crippen molar-refractivity contribution in [3.63, 3.8) is 0 Å². The third-order valence-corrected chi connectivity index (χ3v) is 6.04. The van der Waals surface area contributed by atoms with Crippen LogP contribution in [-0.4, -0.2) is 24.4 Å². The van der Waals surface area contributed by atoms with E-state index in [1.54, 1.807) is 45.0 Å². The molecule has 0 fully saturated rings. The van der Waals surface area contributed by atoms with Crippen LogP contribution in [-0.2, 0) is 12.1 Å². The van der Waals surface area contributed by atoms with Gasteiger partial charge in [-0.05, 0) is 57.2 Å². The molecule has 0 aliphatic heterocycles. The van der Waals surface area contributed by atoms with Crippen molar-refractivity contribution in [3.05, 3.63) is 87.2 Å². The molecule has 0 spiro atoms. The van der Waals surface area contributed by atoms with Crippen molar-refractivity contribution in [2.75, 3.05) is 0 Å². The summed E-state index contributed by atoms with van der Waals surface area (Å²) in [4.78, 5) is 17.0.